The van der Waals surface area contributed by atoms with Crippen molar-refractivity contribution in [1.82, 2.24) is 0 Å². The normalized spacial score (nSPS) is 13.1. The van der Waals surface area contributed by atoms with E-state index in [1.54, 1.807) is 12.2 Å². The van der Waals surface area contributed by atoms with Crippen molar-refractivity contribution < 1.29 is 15.1 Å². The Morgan fingerprint density at radius 2 is 1.62 bits per heavy atom. The second-order valence-electron chi connectivity index (χ2n) is 5.54. The maximum Gasteiger partial charge on any atom is 0.303 e. The van der Waals surface area contributed by atoms with Crippen LogP contribution in [0, 0.1) is 0 Å². The molecule has 0 amide bonds. The van der Waals surface area contributed by atoms with Gasteiger partial charge in [-0.2, -0.15) is 0 Å². The zero-order chi connectivity index (χ0) is 17.9. The van der Waals surface area contributed by atoms with Gasteiger partial charge in [-0.3, -0.25) is 4.79 Å². The van der Waals surface area contributed by atoms with Gasteiger partial charge in [-0.25, -0.2) is 0 Å². The zero-order valence-corrected chi connectivity index (χ0v) is 14.7. The summed E-state index contributed by atoms with van der Waals surface area (Å²) in [4.78, 5) is 10.4. The first-order valence-electron chi connectivity index (χ1n) is 8.76. The molecule has 0 fully saturated rings. The Labute approximate surface area is 146 Å². The molecule has 0 unspecified atom stereocenters. The Kier molecular flexibility index (Phi) is 15.7. The van der Waals surface area contributed by atoms with Gasteiger partial charge in [0, 0.05) is 6.42 Å². The fraction of sp³-hybridized carbons (Fsp3) is 0.500. The van der Waals surface area contributed by atoms with Crippen LogP contribution in [0.3, 0.4) is 0 Å². The van der Waals surface area contributed by atoms with Gasteiger partial charge in [-0.05, 0) is 44.6 Å². The molecule has 0 heterocycles. The number of hydrogen-bond donors (Lipinski definition) is 2. The number of allylic oxidation sites excluding steroid dienone is 8. The summed E-state index contributed by atoms with van der Waals surface area (Å²) in [6.07, 6.45) is 24.0. The average Bonchev–Trinajstić information content (AvgIpc) is 2.57. The predicted octanol–water partition coefficient (Wildman–Crippen LogP) is 5.66. The second-order valence-corrected chi connectivity index (χ2v) is 5.54. The van der Waals surface area contributed by atoms with Crippen LogP contribution in [0.25, 0.3) is 0 Å². The standard InChI is InChI=1S/C20H31NO3/c1-2-3-4-5-6-7-8-9-10-11-12-13-14-16-19(21-24)17-15-18-20(22)23/h6-7,9-10,12-14,16,24H,2-5,8,11,15,17-18H2,1H3,(H,22,23)/b7-6-,10-9-,13-12-,16-14+,21-19-. The van der Waals surface area contributed by atoms with Crippen LogP contribution in [0.1, 0.15) is 64.7 Å². The Hall–Kier alpha value is -2.10. The molecule has 0 aromatic rings. The van der Waals surface area contributed by atoms with Crippen LogP contribution in [0.5, 0.6) is 0 Å². The smallest absolute Gasteiger partial charge is 0.303 e. The third-order valence-corrected chi connectivity index (χ3v) is 3.34. The fourth-order valence-electron chi connectivity index (χ4n) is 1.99. The highest BCUT2D eigenvalue weighted by Crippen LogP contribution is 2.01. The van der Waals surface area contributed by atoms with Crippen LogP contribution < -0.4 is 0 Å². The number of hydrogen-bond acceptors (Lipinski definition) is 3. The zero-order valence-electron chi connectivity index (χ0n) is 14.7. The molecule has 0 atom stereocenters. The van der Waals surface area contributed by atoms with Gasteiger partial charge >= 0.3 is 5.97 Å². The number of rotatable bonds is 14. The van der Waals surface area contributed by atoms with Gasteiger partial charge in [0.05, 0.1) is 5.71 Å². The van der Waals surface area contributed by atoms with Gasteiger partial charge in [0.2, 0.25) is 0 Å². The molecular weight excluding hydrogens is 302 g/mol. The summed E-state index contributed by atoms with van der Waals surface area (Å²) in [5.41, 5.74) is 0.490. The van der Waals surface area contributed by atoms with E-state index in [2.05, 4.69) is 36.4 Å². The van der Waals surface area contributed by atoms with Crippen LogP contribution in [-0.4, -0.2) is 22.0 Å². The van der Waals surface area contributed by atoms with Gasteiger partial charge in [0.1, 0.15) is 0 Å². The fourth-order valence-corrected chi connectivity index (χ4v) is 1.99. The molecule has 4 heteroatoms. The van der Waals surface area contributed by atoms with Crippen molar-refractivity contribution in [2.75, 3.05) is 0 Å². The molecule has 0 aromatic carbocycles. The molecule has 0 aromatic heterocycles. The number of carboxylic acids is 1. The second kappa shape index (κ2) is 17.3. The molecule has 0 aliphatic heterocycles. The van der Waals surface area contributed by atoms with E-state index in [0.29, 0.717) is 18.6 Å². The number of nitrogens with zero attached hydrogens (tertiary/aromatic N) is 1. The highest BCUT2D eigenvalue weighted by atomic mass is 16.4. The first-order chi connectivity index (χ1) is 11.7. The van der Waals surface area contributed by atoms with Gasteiger partial charge in [-0.15, -0.1) is 0 Å². The van der Waals surface area contributed by atoms with Gasteiger partial charge in [-0.1, -0.05) is 67.5 Å². The average molecular weight is 333 g/mol. The van der Waals surface area contributed by atoms with E-state index in [0.717, 1.165) is 12.8 Å². The monoisotopic (exact) mass is 333 g/mol. The molecule has 4 nitrogen and oxygen atoms in total. The maximum absolute atomic E-state index is 10.4. The van der Waals surface area contributed by atoms with E-state index in [9.17, 15) is 4.79 Å². The minimum Gasteiger partial charge on any atom is -0.481 e. The van der Waals surface area contributed by atoms with E-state index in [1.165, 1.54) is 25.7 Å². The molecule has 0 saturated carbocycles. The lowest BCUT2D eigenvalue weighted by Crippen LogP contribution is -1.98. The summed E-state index contributed by atoms with van der Waals surface area (Å²) in [5, 5.41) is 20.5. The van der Waals surface area contributed by atoms with Crippen LogP contribution in [0.2, 0.25) is 0 Å². The van der Waals surface area contributed by atoms with Gasteiger partial charge < -0.3 is 10.3 Å². The minimum atomic E-state index is -0.834. The summed E-state index contributed by atoms with van der Waals surface area (Å²) in [7, 11) is 0. The van der Waals surface area contributed by atoms with Crippen molar-refractivity contribution >= 4 is 11.7 Å². The third-order valence-electron chi connectivity index (χ3n) is 3.34. The summed E-state index contributed by atoms with van der Waals surface area (Å²) in [6.45, 7) is 2.21. The number of unbranched alkanes of at least 4 members (excludes halogenated alkanes) is 3. The largest absolute Gasteiger partial charge is 0.481 e. The predicted molar refractivity (Wildman–Crippen MR) is 101 cm³/mol. The molecular formula is C20H31NO3. The number of carboxylic acid groups (broad SMARTS) is 1. The lowest BCUT2D eigenvalue weighted by atomic mass is 10.1. The van der Waals surface area contributed by atoms with Gasteiger partial charge in [0.25, 0.3) is 0 Å². The molecule has 0 bridgehead atoms. The van der Waals surface area contributed by atoms with Crippen molar-refractivity contribution in [1.29, 1.82) is 0 Å². The highest BCUT2D eigenvalue weighted by Gasteiger charge is 1.99. The number of carbonyl (C=O) groups is 1. The number of oxime groups is 1. The van der Waals surface area contributed by atoms with E-state index >= 15 is 0 Å². The third kappa shape index (κ3) is 16.3. The molecule has 0 saturated heterocycles. The Morgan fingerprint density at radius 3 is 2.29 bits per heavy atom. The van der Waals surface area contributed by atoms with Crippen LogP contribution >= 0.6 is 0 Å². The Balaban J connectivity index is 3.78. The number of aliphatic carboxylic acids is 1. The lowest BCUT2D eigenvalue weighted by Gasteiger charge is -1.96. The first-order valence-corrected chi connectivity index (χ1v) is 8.76. The highest BCUT2D eigenvalue weighted by molar-refractivity contribution is 5.94. The van der Waals surface area contributed by atoms with Crippen molar-refractivity contribution in [3.63, 3.8) is 0 Å². The molecule has 24 heavy (non-hydrogen) atoms. The minimum absolute atomic E-state index is 0.0839. The van der Waals surface area contributed by atoms with Crippen molar-refractivity contribution in [2.45, 2.75) is 64.7 Å². The van der Waals surface area contributed by atoms with E-state index in [1.807, 2.05) is 12.2 Å². The molecule has 134 valence electrons. The SMILES string of the molecule is CCCCC/C=C\C/C=C\C\C=C/C=C/C(CCCC(=O)O)=N/O. The summed E-state index contributed by atoms with van der Waals surface area (Å²) < 4.78 is 0. The van der Waals surface area contributed by atoms with Crippen LogP contribution in [0.4, 0.5) is 0 Å². The summed E-state index contributed by atoms with van der Waals surface area (Å²) in [5.74, 6) is -0.834. The Bertz CT molecular complexity index is 460. The van der Waals surface area contributed by atoms with Crippen LogP contribution in [-0.2, 0) is 4.79 Å². The Morgan fingerprint density at radius 1 is 0.917 bits per heavy atom. The van der Waals surface area contributed by atoms with Crippen molar-refractivity contribution in [3.8, 4) is 0 Å². The first kappa shape index (κ1) is 21.9. The lowest BCUT2D eigenvalue weighted by molar-refractivity contribution is -0.137. The quantitative estimate of drug-likeness (QED) is 0.108. The summed E-state index contributed by atoms with van der Waals surface area (Å²) in [6, 6.07) is 0. The maximum atomic E-state index is 10.4. The topological polar surface area (TPSA) is 69.9 Å². The van der Waals surface area contributed by atoms with Crippen LogP contribution in [0.15, 0.2) is 53.8 Å². The molecule has 0 aliphatic rings. The molecule has 2 N–H and O–H groups in total. The van der Waals surface area contributed by atoms with E-state index in [-0.39, 0.29) is 6.42 Å². The molecule has 0 radical (unpaired) electrons. The van der Waals surface area contributed by atoms with E-state index < -0.39 is 5.97 Å². The summed E-state index contributed by atoms with van der Waals surface area (Å²) >= 11 is 0. The van der Waals surface area contributed by atoms with Gasteiger partial charge in [0.15, 0.2) is 0 Å². The molecule has 0 spiro atoms. The van der Waals surface area contributed by atoms with Crippen molar-refractivity contribution in [3.05, 3.63) is 48.6 Å². The molecule has 0 aliphatic carbocycles. The molecule has 0 rings (SSSR count). The van der Waals surface area contributed by atoms with Crippen molar-refractivity contribution in [2.24, 2.45) is 5.16 Å². The van der Waals surface area contributed by atoms with E-state index in [4.69, 9.17) is 10.3 Å².